The molecule has 7 heteroatoms. The Morgan fingerprint density at radius 3 is 3.00 bits per heavy atom. The van der Waals surface area contributed by atoms with Gasteiger partial charge in [0.2, 0.25) is 0 Å². The highest BCUT2D eigenvalue weighted by molar-refractivity contribution is 7.89. The van der Waals surface area contributed by atoms with Crippen LogP contribution in [-0.4, -0.2) is 48.6 Å². The molecule has 1 saturated heterocycles. The van der Waals surface area contributed by atoms with Crippen molar-refractivity contribution in [3.8, 4) is 0 Å². The van der Waals surface area contributed by atoms with Crippen molar-refractivity contribution in [1.82, 2.24) is 19.8 Å². The van der Waals surface area contributed by atoms with Gasteiger partial charge in [-0.2, -0.15) is 9.40 Å². The SMILES string of the molecule is C[C@@H]1CNCCN1S(=O)(=O)c1ccn[nH]1. The fourth-order valence-corrected chi connectivity index (χ4v) is 3.23. The topological polar surface area (TPSA) is 78.1 Å². The first-order valence-corrected chi connectivity index (χ1v) is 6.28. The lowest BCUT2D eigenvalue weighted by Gasteiger charge is -2.32. The summed E-state index contributed by atoms with van der Waals surface area (Å²) in [5.41, 5.74) is 0. The van der Waals surface area contributed by atoms with Crippen molar-refractivity contribution >= 4 is 10.0 Å². The standard InChI is InChI=1S/C8H14N4O2S/c1-7-6-9-4-5-12(7)15(13,14)8-2-3-10-11-8/h2-3,7,9H,4-6H2,1H3,(H,10,11)/t7-/m1/s1. The molecule has 1 aromatic heterocycles. The van der Waals surface area contributed by atoms with Crippen molar-refractivity contribution in [2.45, 2.75) is 18.0 Å². The van der Waals surface area contributed by atoms with Crippen molar-refractivity contribution < 1.29 is 8.42 Å². The number of piperazine rings is 1. The Bertz CT molecular complexity index is 414. The smallest absolute Gasteiger partial charge is 0.260 e. The molecule has 0 saturated carbocycles. The quantitative estimate of drug-likeness (QED) is 0.710. The summed E-state index contributed by atoms with van der Waals surface area (Å²) in [5, 5.41) is 9.47. The Kier molecular flexibility index (Phi) is 2.76. The predicted molar refractivity (Wildman–Crippen MR) is 54.8 cm³/mol. The molecule has 0 unspecified atom stereocenters. The van der Waals surface area contributed by atoms with Crippen LogP contribution in [0.5, 0.6) is 0 Å². The molecular formula is C8H14N4O2S. The van der Waals surface area contributed by atoms with Gasteiger partial charge in [-0.25, -0.2) is 8.42 Å². The van der Waals surface area contributed by atoms with E-state index in [4.69, 9.17) is 0 Å². The Labute approximate surface area is 88.7 Å². The summed E-state index contributed by atoms with van der Waals surface area (Å²) in [7, 11) is -3.39. The van der Waals surface area contributed by atoms with E-state index in [0.29, 0.717) is 19.6 Å². The molecule has 1 aliphatic rings. The van der Waals surface area contributed by atoms with Crippen LogP contribution < -0.4 is 5.32 Å². The first kappa shape index (κ1) is 10.6. The summed E-state index contributed by atoms with van der Waals surface area (Å²) in [6, 6.07) is 1.46. The van der Waals surface area contributed by atoms with Gasteiger partial charge < -0.3 is 5.32 Å². The minimum Gasteiger partial charge on any atom is -0.314 e. The molecule has 1 fully saturated rings. The van der Waals surface area contributed by atoms with Crippen molar-refractivity contribution in [1.29, 1.82) is 0 Å². The largest absolute Gasteiger partial charge is 0.314 e. The fourth-order valence-electron chi connectivity index (χ4n) is 1.69. The van der Waals surface area contributed by atoms with Crippen LogP contribution in [0, 0.1) is 0 Å². The number of aromatic nitrogens is 2. The minimum absolute atomic E-state index is 0.0213. The minimum atomic E-state index is -3.39. The normalized spacial score (nSPS) is 24.2. The Morgan fingerprint density at radius 2 is 2.40 bits per heavy atom. The van der Waals surface area contributed by atoms with Gasteiger partial charge in [0.05, 0.1) is 6.20 Å². The van der Waals surface area contributed by atoms with Gasteiger partial charge in [-0.15, -0.1) is 0 Å². The van der Waals surface area contributed by atoms with Gasteiger partial charge in [-0.05, 0) is 13.0 Å². The Hall–Kier alpha value is -0.920. The molecule has 1 aromatic rings. The number of hydrogen-bond donors (Lipinski definition) is 2. The summed E-state index contributed by atoms with van der Waals surface area (Å²) in [5.74, 6) is 0. The van der Waals surface area contributed by atoms with Crippen LogP contribution in [0.1, 0.15) is 6.92 Å². The monoisotopic (exact) mass is 230 g/mol. The van der Waals surface area contributed by atoms with Gasteiger partial charge in [-0.3, -0.25) is 5.10 Å². The van der Waals surface area contributed by atoms with Crippen LogP contribution in [0.2, 0.25) is 0 Å². The molecule has 0 aromatic carbocycles. The highest BCUT2D eigenvalue weighted by Gasteiger charge is 2.31. The van der Waals surface area contributed by atoms with Gasteiger partial charge >= 0.3 is 0 Å². The van der Waals surface area contributed by atoms with E-state index >= 15 is 0 Å². The lowest BCUT2D eigenvalue weighted by molar-refractivity contribution is 0.283. The maximum Gasteiger partial charge on any atom is 0.260 e. The summed E-state index contributed by atoms with van der Waals surface area (Å²) < 4.78 is 25.7. The van der Waals surface area contributed by atoms with Crippen LogP contribution in [0.15, 0.2) is 17.3 Å². The summed E-state index contributed by atoms with van der Waals surface area (Å²) in [6.45, 7) is 3.77. The van der Waals surface area contributed by atoms with Gasteiger partial charge in [0.15, 0.2) is 5.03 Å². The van der Waals surface area contributed by atoms with Gasteiger partial charge in [0.25, 0.3) is 10.0 Å². The predicted octanol–water partition coefficient (Wildman–Crippen LogP) is -0.608. The van der Waals surface area contributed by atoms with Crippen LogP contribution in [0.4, 0.5) is 0 Å². The molecule has 15 heavy (non-hydrogen) atoms. The fraction of sp³-hybridized carbons (Fsp3) is 0.625. The maximum atomic E-state index is 12.1. The molecule has 2 rings (SSSR count). The van der Waals surface area contributed by atoms with Crippen molar-refractivity contribution in [3.05, 3.63) is 12.3 Å². The van der Waals surface area contributed by atoms with Crippen molar-refractivity contribution in [2.24, 2.45) is 0 Å². The van der Waals surface area contributed by atoms with Crippen molar-refractivity contribution in [3.63, 3.8) is 0 Å². The van der Waals surface area contributed by atoms with Crippen LogP contribution in [0.25, 0.3) is 0 Å². The zero-order valence-electron chi connectivity index (χ0n) is 8.47. The van der Waals surface area contributed by atoms with E-state index in [1.165, 1.54) is 16.6 Å². The van der Waals surface area contributed by atoms with E-state index in [0.717, 1.165) is 0 Å². The first-order valence-electron chi connectivity index (χ1n) is 4.84. The lowest BCUT2D eigenvalue weighted by atomic mass is 10.3. The van der Waals surface area contributed by atoms with Crippen LogP contribution in [-0.2, 0) is 10.0 Å². The number of aromatic amines is 1. The summed E-state index contributed by atoms with van der Waals surface area (Å²) in [4.78, 5) is 0. The van der Waals surface area contributed by atoms with Gasteiger partial charge in [0, 0.05) is 25.7 Å². The first-order chi connectivity index (χ1) is 7.12. The third-order valence-corrected chi connectivity index (χ3v) is 4.45. The average molecular weight is 230 g/mol. The van der Waals surface area contributed by atoms with Crippen LogP contribution >= 0.6 is 0 Å². The number of sulfonamides is 1. The van der Waals surface area contributed by atoms with Crippen LogP contribution in [0.3, 0.4) is 0 Å². The molecule has 2 heterocycles. The second-order valence-electron chi connectivity index (χ2n) is 3.59. The molecule has 6 nitrogen and oxygen atoms in total. The number of H-pyrrole nitrogens is 1. The molecule has 0 bridgehead atoms. The van der Waals surface area contributed by atoms with E-state index in [1.54, 1.807) is 0 Å². The van der Waals surface area contributed by atoms with Crippen molar-refractivity contribution in [2.75, 3.05) is 19.6 Å². The summed E-state index contributed by atoms with van der Waals surface area (Å²) in [6.07, 6.45) is 1.44. The highest BCUT2D eigenvalue weighted by atomic mass is 32.2. The molecule has 0 aliphatic carbocycles. The molecule has 1 aliphatic heterocycles. The third kappa shape index (κ3) is 1.90. The second-order valence-corrected chi connectivity index (χ2v) is 5.45. The molecule has 1 atom stereocenters. The summed E-state index contributed by atoms with van der Waals surface area (Å²) >= 11 is 0. The van der Waals surface area contributed by atoms with Gasteiger partial charge in [-0.1, -0.05) is 0 Å². The van der Waals surface area contributed by atoms with E-state index < -0.39 is 10.0 Å². The van der Waals surface area contributed by atoms with E-state index in [-0.39, 0.29) is 11.1 Å². The molecule has 2 N–H and O–H groups in total. The number of nitrogens with zero attached hydrogens (tertiary/aromatic N) is 2. The zero-order valence-corrected chi connectivity index (χ0v) is 9.29. The molecule has 0 radical (unpaired) electrons. The van der Waals surface area contributed by atoms with Gasteiger partial charge in [0.1, 0.15) is 0 Å². The Balaban J connectivity index is 2.29. The molecule has 0 amide bonds. The Morgan fingerprint density at radius 1 is 1.60 bits per heavy atom. The maximum absolute atomic E-state index is 12.1. The third-order valence-electron chi connectivity index (χ3n) is 2.50. The number of rotatable bonds is 2. The molecular weight excluding hydrogens is 216 g/mol. The van der Waals surface area contributed by atoms with E-state index in [2.05, 4.69) is 15.5 Å². The number of hydrogen-bond acceptors (Lipinski definition) is 4. The zero-order chi connectivity index (χ0) is 10.9. The highest BCUT2D eigenvalue weighted by Crippen LogP contribution is 2.16. The lowest BCUT2D eigenvalue weighted by Crippen LogP contribution is -2.52. The number of nitrogens with one attached hydrogen (secondary N) is 2. The van der Waals surface area contributed by atoms with E-state index in [9.17, 15) is 8.42 Å². The molecule has 84 valence electrons. The second kappa shape index (κ2) is 3.92. The average Bonchev–Trinajstić information content (AvgIpc) is 2.71. The van der Waals surface area contributed by atoms with E-state index in [1.807, 2.05) is 6.92 Å². The molecule has 0 spiro atoms.